The molecule has 2 atom stereocenters. The van der Waals surface area contributed by atoms with Crippen LogP contribution in [-0.4, -0.2) is 17.2 Å². The number of nitrogens with one attached hydrogen (secondary N) is 1. The highest BCUT2D eigenvalue weighted by atomic mass is 16.3. The number of carbonyl (C=O) groups excluding carboxylic acids is 1. The van der Waals surface area contributed by atoms with Crippen molar-refractivity contribution in [1.82, 2.24) is 5.43 Å². The average molecular weight is 336 g/mol. The Bertz CT molecular complexity index is 771. The number of benzene rings is 2. The molecular weight excluding hydrogens is 312 g/mol. The van der Waals surface area contributed by atoms with Crippen LogP contribution in [-0.2, 0) is 10.2 Å². The minimum atomic E-state index is -0.0417. The van der Waals surface area contributed by atoms with Crippen molar-refractivity contribution in [3.05, 3.63) is 65.2 Å². The number of carbonyl (C=O) groups is 1. The van der Waals surface area contributed by atoms with Crippen LogP contribution in [0.1, 0.15) is 49.8 Å². The highest BCUT2D eigenvalue weighted by molar-refractivity contribution is 5.85. The van der Waals surface area contributed by atoms with E-state index in [0.717, 1.165) is 12.0 Å². The molecule has 0 aliphatic heterocycles. The molecular formula is C21H24N2O2. The van der Waals surface area contributed by atoms with Gasteiger partial charge in [0.1, 0.15) is 5.75 Å². The van der Waals surface area contributed by atoms with Gasteiger partial charge in [-0.15, -0.1) is 0 Å². The Morgan fingerprint density at radius 1 is 1.12 bits per heavy atom. The summed E-state index contributed by atoms with van der Waals surface area (Å²) in [6, 6.07) is 15.2. The zero-order chi connectivity index (χ0) is 18.0. The Kier molecular flexibility index (Phi) is 4.62. The first kappa shape index (κ1) is 17.2. The molecule has 4 heteroatoms. The van der Waals surface area contributed by atoms with Crippen molar-refractivity contribution in [3.8, 4) is 5.75 Å². The third-order valence-corrected chi connectivity index (χ3v) is 4.61. The van der Waals surface area contributed by atoms with E-state index in [0.29, 0.717) is 0 Å². The van der Waals surface area contributed by atoms with E-state index >= 15 is 0 Å². The first-order valence-electron chi connectivity index (χ1n) is 8.57. The van der Waals surface area contributed by atoms with E-state index in [2.05, 4.69) is 55.6 Å². The fourth-order valence-corrected chi connectivity index (χ4v) is 2.90. The van der Waals surface area contributed by atoms with E-state index in [1.807, 2.05) is 0 Å². The minimum absolute atomic E-state index is 0.00236. The van der Waals surface area contributed by atoms with Gasteiger partial charge < -0.3 is 5.11 Å². The molecule has 1 saturated carbocycles. The van der Waals surface area contributed by atoms with E-state index in [1.54, 1.807) is 30.5 Å². The van der Waals surface area contributed by atoms with Gasteiger partial charge in [0.2, 0.25) is 5.91 Å². The predicted octanol–water partition coefficient (Wildman–Crippen LogP) is 3.94. The largest absolute Gasteiger partial charge is 0.508 e. The highest BCUT2D eigenvalue weighted by Gasteiger charge is 2.43. The van der Waals surface area contributed by atoms with Crippen molar-refractivity contribution in [3.63, 3.8) is 0 Å². The van der Waals surface area contributed by atoms with Crippen LogP contribution in [0.25, 0.3) is 0 Å². The van der Waals surface area contributed by atoms with Gasteiger partial charge in [0.15, 0.2) is 0 Å². The fraction of sp³-hybridized carbons (Fsp3) is 0.333. The fourth-order valence-electron chi connectivity index (χ4n) is 2.90. The van der Waals surface area contributed by atoms with E-state index in [9.17, 15) is 9.90 Å². The Hall–Kier alpha value is -2.62. The summed E-state index contributed by atoms with van der Waals surface area (Å²) in [6.07, 6.45) is 2.45. The molecule has 2 aromatic rings. The summed E-state index contributed by atoms with van der Waals surface area (Å²) < 4.78 is 0. The number of aromatic hydroxyl groups is 1. The van der Waals surface area contributed by atoms with Gasteiger partial charge in [-0.2, -0.15) is 5.10 Å². The van der Waals surface area contributed by atoms with Gasteiger partial charge in [-0.05, 0) is 58.7 Å². The quantitative estimate of drug-likeness (QED) is 0.656. The van der Waals surface area contributed by atoms with Crippen molar-refractivity contribution in [2.45, 2.75) is 38.5 Å². The Morgan fingerprint density at radius 3 is 2.36 bits per heavy atom. The molecule has 0 radical (unpaired) electrons. The van der Waals surface area contributed by atoms with Crippen LogP contribution in [0, 0.1) is 5.92 Å². The van der Waals surface area contributed by atoms with Gasteiger partial charge in [0.05, 0.1) is 6.21 Å². The van der Waals surface area contributed by atoms with Gasteiger partial charge >= 0.3 is 0 Å². The van der Waals surface area contributed by atoms with Crippen molar-refractivity contribution >= 4 is 12.1 Å². The predicted molar refractivity (Wildman–Crippen MR) is 99.8 cm³/mol. The molecule has 0 saturated heterocycles. The molecule has 0 spiro atoms. The molecule has 4 nitrogen and oxygen atoms in total. The number of phenols is 1. The summed E-state index contributed by atoms with van der Waals surface area (Å²) in [6.45, 7) is 6.59. The monoisotopic (exact) mass is 336 g/mol. The Morgan fingerprint density at radius 2 is 1.76 bits per heavy atom. The lowest BCUT2D eigenvalue weighted by molar-refractivity contribution is -0.122. The van der Waals surface area contributed by atoms with Gasteiger partial charge in [0.25, 0.3) is 0 Å². The smallest absolute Gasteiger partial charge is 0.243 e. The maximum atomic E-state index is 12.2. The zero-order valence-corrected chi connectivity index (χ0v) is 14.9. The van der Waals surface area contributed by atoms with Crippen molar-refractivity contribution in [2.24, 2.45) is 11.0 Å². The minimum Gasteiger partial charge on any atom is -0.508 e. The number of hydrogen-bond acceptors (Lipinski definition) is 3. The second-order valence-electron chi connectivity index (χ2n) is 7.65. The molecule has 2 aromatic carbocycles. The van der Waals surface area contributed by atoms with Gasteiger partial charge in [-0.3, -0.25) is 4.79 Å². The van der Waals surface area contributed by atoms with Gasteiger partial charge in [0, 0.05) is 5.92 Å². The molecule has 1 fully saturated rings. The number of nitrogens with zero attached hydrogens (tertiary/aromatic N) is 1. The molecule has 1 aliphatic carbocycles. The third kappa shape index (κ3) is 4.27. The molecule has 0 aromatic heterocycles. The third-order valence-electron chi connectivity index (χ3n) is 4.61. The second kappa shape index (κ2) is 6.71. The maximum Gasteiger partial charge on any atom is 0.243 e. The summed E-state index contributed by atoms with van der Waals surface area (Å²) in [5.74, 6) is 0.453. The van der Waals surface area contributed by atoms with E-state index in [4.69, 9.17) is 0 Å². The van der Waals surface area contributed by atoms with Crippen LogP contribution >= 0.6 is 0 Å². The standard InChI is InChI=1S/C21H24N2O2/c1-21(2,3)16-8-6-15(7-9-16)18-12-19(18)20(25)23-22-13-14-4-10-17(24)11-5-14/h4-11,13,18-19,24H,12H2,1-3H3,(H,23,25)/b22-13-/t18-,19-/m1/s1. The Balaban J connectivity index is 1.54. The van der Waals surface area contributed by atoms with E-state index in [-0.39, 0.29) is 28.9 Å². The van der Waals surface area contributed by atoms with Crippen LogP contribution in [0.3, 0.4) is 0 Å². The molecule has 2 N–H and O–H groups in total. The van der Waals surface area contributed by atoms with Crippen LogP contribution in [0.2, 0.25) is 0 Å². The molecule has 3 rings (SSSR count). The SMILES string of the molecule is CC(C)(C)c1ccc([C@H]2C[C@H]2C(=O)N/N=C\c2ccc(O)cc2)cc1. The molecule has 25 heavy (non-hydrogen) atoms. The lowest BCUT2D eigenvalue weighted by atomic mass is 9.86. The molecule has 1 amide bonds. The van der Waals surface area contributed by atoms with Gasteiger partial charge in [-0.25, -0.2) is 5.43 Å². The first-order valence-corrected chi connectivity index (χ1v) is 8.57. The second-order valence-corrected chi connectivity index (χ2v) is 7.65. The molecule has 0 unspecified atom stereocenters. The molecule has 130 valence electrons. The topological polar surface area (TPSA) is 61.7 Å². The molecule has 0 bridgehead atoms. The van der Waals surface area contributed by atoms with Crippen molar-refractivity contribution in [2.75, 3.05) is 0 Å². The van der Waals surface area contributed by atoms with Crippen molar-refractivity contribution < 1.29 is 9.90 Å². The number of amides is 1. The number of phenolic OH excluding ortho intramolecular Hbond substituents is 1. The summed E-state index contributed by atoms with van der Waals surface area (Å²) >= 11 is 0. The van der Waals surface area contributed by atoms with E-state index in [1.165, 1.54) is 11.1 Å². The molecule has 0 heterocycles. The summed E-state index contributed by atoms with van der Waals surface area (Å²) in [5, 5.41) is 13.2. The highest BCUT2D eigenvalue weighted by Crippen LogP contribution is 2.47. The van der Waals surface area contributed by atoms with Crippen molar-refractivity contribution in [1.29, 1.82) is 0 Å². The summed E-state index contributed by atoms with van der Waals surface area (Å²) in [5.41, 5.74) is 6.09. The lowest BCUT2D eigenvalue weighted by Crippen LogP contribution is -2.20. The van der Waals surface area contributed by atoms with Crippen LogP contribution in [0.15, 0.2) is 53.6 Å². The van der Waals surface area contributed by atoms with Crippen LogP contribution in [0.5, 0.6) is 5.75 Å². The van der Waals surface area contributed by atoms with Crippen LogP contribution in [0.4, 0.5) is 0 Å². The van der Waals surface area contributed by atoms with Gasteiger partial charge in [-0.1, -0.05) is 45.0 Å². The van der Waals surface area contributed by atoms with E-state index < -0.39 is 0 Å². The first-order chi connectivity index (χ1) is 11.8. The number of rotatable bonds is 4. The molecule has 1 aliphatic rings. The van der Waals surface area contributed by atoms with Crippen LogP contribution < -0.4 is 5.43 Å². The summed E-state index contributed by atoms with van der Waals surface area (Å²) in [4.78, 5) is 12.2. The summed E-state index contributed by atoms with van der Waals surface area (Å²) in [7, 11) is 0. The Labute approximate surface area is 148 Å². The number of hydrazone groups is 1. The number of hydrogen-bond donors (Lipinski definition) is 2. The zero-order valence-electron chi connectivity index (χ0n) is 14.9. The average Bonchev–Trinajstić information content (AvgIpc) is 3.37. The maximum absolute atomic E-state index is 12.2. The lowest BCUT2D eigenvalue weighted by Gasteiger charge is -2.19. The normalized spacial score (nSPS) is 19.8.